The molecule has 1 atom stereocenters. The molecule has 2 heterocycles. The Bertz CT molecular complexity index is 1020. The Morgan fingerprint density at radius 1 is 1.14 bits per heavy atom. The second-order valence-corrected chi connectivity index (χ2v) is 7.20. The highest BCUT2D eigenvalue weighted by Crippen LogP contribution is 2.16. The molecule has 1 aromatic heterocycles. The first-order chi connectivity index (χ1) is 13.3. The molecule has 1 aliphatic heterocycles. The molecule has 1 aromatic carbocycles. The molecule has 0 bridgehead atoms. The average Bonchev–Trinajstić information content (AvgIpc) is 2.62. The Balaban J connectivity index is 1.70. The van der Waals surface area contributed by atoms with Gasteiger partial charge in [0, 0.05) is 30.9 Å². The van der Waals surface area contributed by atoms with E-state index in [1.54, 1.807) is 18.7 Å². The lowest BCUT2D eigenvalue weighted by atomic mass is 10.1. The molecule has 0 unspecified atom stereocenters. The minimum absolute atomic E-state index is 0.117. The lowest BCUT2D eigenvalue weighted by molar-refractivity contribution is -0.150. The number of amides is 2. The van der Waals surface area contributed by atoms with Crippen LogP contribution in [0.4, 0.5) is 0 Å². The van der Waals surface area contributed by atoms with Gasteiger partial charge in [0.05, 0.1) is 6.42 Å². The summed E-state index contributed by atoms with van der Waals surface area (Å²) in [5.41, 5.74) is 1.58. The van der Waals surface area contributed by atoms with Gasteiger partial charge in [0.2, 0.25) is 11.8 Å². The number of carbonyl (C=O) groups is 2. The zero-order chi connectivity index (χ0) is 20.4. The van der Waals surface area contributed by atoms with Crippen molar-refractivity contribution in [2.24, 2.45) is 0 Å². The average molecular weight is 384 g/mol. The van der Waals surface area contributed by atoms with Crippen LogP contribution in [0.3, 0.4) is 0 Å². The van der Waals surface area contributed by atoms with Gasteiger partial charge in [0.15, 0.2) is 0 Å². The summed E-state index contributed by atoms with van der Waals surface area (Å²) < 4.78 is 0. The van der Waals surface area contributed by atoms with Gasteiger partial charge in [-0.15, -0.1) is 0 Å². The van der Waals surface area contributed by atoms with Crippen LogP contribution in [0.15, 0.2) is 33.9 Å². The number of nitrogens with zero attached hydrogens (tertiary/aromatic N) is 2. The number of hydrogen-bond donors (Lipinski definition) is 2. The number of aryl methyl sites for hydroxylation is 2. The van der Waals surface area contributed by atoms with E-state index in [4.69, 9.17) is 0 Å². The number of benzene rings is 1. The first-order valence-electron chi connectivity index (χ1n) is 9.22. The van der Waals surface area contributed by atoms with Crippen molar-refractivity contribution in [1.29, 1.82) is 0 Å². The number of piperazine rings is 1. The van der Waals surface area contributed by atoms with Gasteiger partial charge in [-0.2, -0.15) is 0 Å². The summed E-state index contributed by atoms with van der Waals surface area (Å²) in [6.45, 7) is 6.62. The van der Waals surface area contributed by atoms with E-state index in [9.17, 15) is 19.2 Å². The molecule has 0 saturated carbocycles. The van der Waals surface area contributed by atoms with E-state index in [-0.39, 0.29) is 23.8 Å². The van der Waals surface area contributed by atoms with E-state index in [1.807, 2.05) is 31.2 Å². The third-order valence-corrected chi connectivity index (χ3v) is 5.11. The molecule has 1 aliphatic rings. The van der Waals surface area contributed by atoms with Crippen LogP contribution < -0.4 is 11.2 Å². The van der Waals surface area contributed by atoms with Crippen molar-refractivity contribution in [3.8, 4) is 0 Å². The largest absolute Gasteiger partial charge is 0.335 e. The van der Waals surface area contributed by atoms with E-state index >= 15 is 0 Å². The summed E-state index contributed by atoms with van der Waals surface area (Å²) in [5, 5.41) is 0. The molecule has 148 valence electrons. The van der Waals surface area contributed by atoms with E-state index < -0.39 is 17.3 Å². The number of H-pyrrole nitrogens is 2. The minimum Gasteiger partial charge on any atom is -0.335 e. The lowest BCUT2D eigenvalue weighted by Gasteiger charge is -2.39. The van der Waals surface area contributed by atoms with Gasteiger partial charge in [-0.3, -0.25) is 19.4 Å². The molecule has 1 saturated heterocycles. The number of aromatic amines is 2. The molecular weight excluding hydrogens is 360 g/mol. The molecule has 2 aromatic rings. The SMILES string of the molecule is Cc1cccc(CN2CCN(C(=O)Cc3c(C)[nH]c(=O)[nH]c3=O)[C@H](C)C2=O)c1. The Morgan fingerprint density at radius 2 is 1.89 bits per heavy atom. The third kappa shape index (κ3) is 4.05. The fourth-order valence-corrected chi connectivity index (χ4v) is 3.55. The molecule has 8 nitrogen and oxygen atoms in total. The zero-order valence-corrected chi connectivity index (χ0v) is 16.2. The second-order valence-electron chi connectivity index (χ2n) is 7.20. The van der Waals surface area contributed by atoms with Crippen LogP contribution in [0.25, 0.3) is 0 Å². The van der Waals surface area contributed by atoms with Gasteiger partial charge in [0.25, 0.3) is 5.56 Å². The van der Waals surface area contributed by atoms with Gasteiger partial charge >= 0.3 is 5.69 Å². The van der Waals surface area contributed by atoms with Crippen LogP contribution in [-0.2, 0) is 22.6 Å². The smallest absolute Gasteiger partial charge is 0.325 e. The number of rotatable bonds is 4. The maximum atomic E-state index is 12.8. The predicted molar refractivity (Wildman–Crippen MR) is 104 cm³/mol. The minimum atomic E-state index is -0.605. The Morgan fingerprint density at radius 3 is 2.57 bits per heavy atom. The molecular formula is C20H24N4O4. The van der Waals surface area contributed by atoms with Crippen LogP contribution in [0.2, 0.25) is 0 Å². The van der Waals surface area contributed by atoms with Gasteiger partial charge < -0.3 is 14.8 Å². The van der Waals surface area contributed by atoms with Crippen LogP contribution in [-0.4, -0.2) is 50.7 Å². The highest BCUT2D eigenvalue weighted by Gasteiger charge is 2.34. The molecule has 8 heteroatoms. The Hall–Kier alpha value is -3.16. The molecule has 2 amide bonds. The lowest BCUT2D eigenvalue weighted by Crippen LogP contribution is -2.57. The summed E-state index contributed by atoms with van der Waals surface area (Å²) in [6.07, 6.45) is -0.159. The Kier molecular flexibility index (Phi) is 5.48. The zero-order valence-electron chi connectivity index (χ0n) is 16.2. The van der Waals surface area contributed by atoms with Crippen molar-refractivity contribution in [2.45, 2.75) is 39.8 Å². The van der Waals surface area contributed by atoms with Crippen LogP contribution >= 0.6 is 0 Å². The first kappa shape index (κ1) is 19.6. The maximum Gasteiger partial charge on any atom is 0.325 e. The van der Waals surface area contributed by atoms with Gasteiger partial charge in [0.1, 0.15) is 6.04 Å². The summed E-state index contributed by atoms with van der Waals surface area (Å²) in [7, 11) is 0. The fraction of sp³-hybridized carbons (Fsp3) is 0.400. The fourth-order valence-electron chi connectivity index (χ4n) is 3.55. The van der Waals surface area contributed by atoms with Gasteiger partial charge in [-0.05, 0) is 26.3 Å². The van der Waals surface area contributed by atoms with Crippen LogP contribution in [0.5, 0.6) is 0 Å². The number of carbonyl (C=O) groups excluding carboxylic acids is 2. The van der Waals surface area contributed by atoms with E-state index in [1.165, 1.54) is 4.90 Å². The van der Waals surface area contributed by atoms with E-state index in [0.29, 0.717) is 25.3 Å². The van der Waals surface area contributed by atoms with E-state index in [0.717, 1.165) is 11.1 Å². The highest BCUT2D eigenvalue weighted by molar-refractivity contribution is 5.89. The summed E-state index contributed by atoms with van der Waals surface area (Å²) in [5.74, 6) is -0.426. The predicted octanol–water partition coefficient (Wildman–Crippen LogP) is 0.482. The number of hydrogen-bond acceptors (Lipinski definition) is 4. The molecule has 0 radical (unpaired) electrons. The molecule has 2 N–H and O–H groups in total. The van der Waals surface area contributed by atoms with Crippen molar-refractivity contribution in [3.63, 3.8) is 0 Å². The summed E-state index contributed by atoms with van der Waals surface area (Å²) >= 11 is 0. The summed E-state index contributed by atoms with van der Waals surface area (Å²) in [4.78, 5) is 56.7. The molecule has 3 rings (SSSR count). The normalized spacial score (nSPS) is 17.1. The van der Waals surface area contributed by atoms with E-state index in [2.05, 4.69) is 9.97 Å². The second kappa shape index (κ2) is 7.84. The quantitative estimate of drug-likeness (QED) is 0.800. The van der Waals surface area contributed by atoms with Gasteiger partial charge in [-0.1, -0.05) is 29.8 Å². The number of nitrogens with one attached hydrogen (secondary N) is 2. The monoisotopic (exact) mass is 384 g/mol. The van der Waals surface area contributed by atoms with Crippen molar-refractivity contribution < 1.29 is 9.59 Å². The van der Waals surface area contributed by atoms with Crippen molar-refractivity contribution in [1.82, 2.24) is 19.8 Å². The van der Waals surface area contributed by atoms with Crippen molar-refractivity contribution in [2.75, 3.05) is 13.1 Å². The third-order valence-electron chi connectivity index (χ3n) is 5.11. The topological polar surface area (TPSA) is 106 Å². The molecule has 0 aliphatic carbocycles. The van der Waals surface area contributed by atoms with Crippen molar-refractivity contribution >= 4 is 11.8 Å². The van der Waals surface area contributed by atoms with Crippen LogP contribution in [0, 0.1) is 13.8 Å². The first-order valence-corrected chi connectivity index (χ1v) is 9.22. The molecule has 0 spiro atoms. The molecule has 28 heavy (non-hydrogen) atoms. The summed E-state index contributed by atoms with van der Waals surface area (Å²) in [6, 6.07) is 7.38. The van der Waals surface area contributed by atoms with Gasteiger partial charge in [-0.25, -0.2) is 4.79 Å². The van der Waals surface area contributed by atoms with Crippen LogP contribution in [0.1, 0.15) is 29.3 Å². The molecule has 1 fully saturated rings. The highest BCUT2D eigenvalue weighted by atomic mass is 16.2. The number of aromatic nitrogens is 2. The maximum absolute atomic E-state index is 12.8. The standard InChI is InChI=1S/C20H24N4O4/c1-12-5-4-6-15(9-12)11-23-7-8-24(14(3)19(23)27)17(25)10-16-13(2)21-20(28)22-18(16)26/h4-6,9,14H,7-8,10-11H2,1-3H3,(H2,21,22,26,28)/t14-/m1/s1. The Labute approximate surface area is 162 Å². The van der Waals surface area contributed by atoms with Crippen molar-refractivity contribution in [3.05, 3.63) is 67.5 Å².